The van der Waals surface area contributed by atoms with Gasteiger partial charge in [0.2, 0.25) is 11.8 Å². The lowest BCUT2D eigenvalue weighted by Gasteiger charge is -2.17. The molecule has 0 unspecified atom stereocenters. The molecular formula is C17H26ClF2N3O4. The number of alkyl halides is 2. The largest absolute Gasteiger partial charge is 0.490 e. The van der Waals surface area contributed by atoms with E-state index in [1.165, 1.54) is 12.1 Å². The average Bonchev–Trinajstić information content (AvgIpc) is 2.58. The normalized spacial score (nSPS) is 11.6. The van der Waals surface area contributed by atoms with Crippen LogP contribution in [0.25, 0.3) is 0 Å². The van der Waals surface area contributed by atoms with Gasteiger partial charge in [-0.3, -0.25) is 9.59 Å². The molecule has 27 heavy (non-hydrogen) atoms. The smallest absolute Gasteiger partial charge is 0.387 e. The Morgan fingerprint density at radius 2 is 1.89 bits per heavy atom. The first kappa shape index (κ1) is 24.9. The van der Waals surface area contributed by atoms with Gasteiger partial charge >= 0.3 is 6.61 Å². The number of hydrogen-bond donors (Lipinski definition) is 3. The molecule has 0 fully saturated rings. The van der Waals surface area contributed by atoms with Gasteiger partial charge in [-0.2, -0.15) is 8.78 Å². The first-order chi connectivity index (χ1) is 12.3. The van der Waals surface area contributed by atoms with Crippen LogP contribution in [0.3, 0.4) is 0 Å². The van der Waals surface area contributed by atoms with Crippen molar-refractivity contribution in [2.75, 3.05) is 13.2 Å². The van der Waals surface area contributed by atoms with Crippen molar-refractivity contribution in [1.82, 2.24) is 10.6 Å². The molecule has 0 saturated carbocycles. The summed E-state index contributed by atoms with van der Waals surface area (Å²) in [4.78, 5) is 23.6. The number of halogens is 3. The van der Waals surface area contributed by atoms with Crippen molar-refractivity contribution in [3.8, 4) is 11.5 Å². The van der Waals surface area contributed by atoms with Gasteiger partial charge in [0.1, 0.15) is 0 Å². The quantitative estimate of drug-likeness (QED) is 0.547. The Hall–Kier alpha value is -2.13. The number of nitrogens with one attached hydrogen (secondary N) is 2. The maximum atomic E-state index is 12.6. The standard InChI is InChI=1S/C17H25F2N3O4.ClH/c1-4-25-12-7-5-6-11(15(12)26-17(18)19)8-21-13(23)9-22-16(24)14(20)10(2)3;/h5-7,10,14,17H,4,8-9,20H2,1-3H3,(H,21,23)(H,22,24);1H/t14-;/m0./s1. The fraction of sp³-hybridized carbons (Fsp3) is 0.529. The number of carbonyl (C=O) groups excluding carboxylic acids is 2. The lowest BCUT2D eigenvalue weighted by atomic mass is 10.1. The summed E-state index contributed by atoms with van der Waals surface area (Å²) in [5.41, 5.74) is 6.01. The van der Waals surface area contributed by atoms with E-state index in [2.05, 4.69) is 15.4 Å². The number of para-hydroxylation sites is 1. The summed E-state index contributed by atoms with van der Waals surface area (Å²) < 4.78 is 35.1. The lowest BCUT2D eigenvalue weighted by molar-refractivity contribution is -0.127. The average molecular weight is 410 g/mol. The van der Waals surface area contributed by atoms with E-state index in [9.17, 15) is 18.4 Å². The zero-order valence-corrected chi connectivity index (χ0v) is 16.3. The number of nitrogens with two attached hydrogens (primary N) is 1. The van der Waals surface area contributed by atoms with Gasteiger partial charge < -0.3 is 25.8 Å². The molecule has 1 atom stereocenters. The van der Waals surface area contributed by atoms with Gasteiger partial charge in [0, 0.05) is 12.1 Å². The minimum atomic E-state index is -3.03. The van der Waals surface area contributed by atoms with Crippen molar-refractivity contribution in [2.24, 2.45) is 11.7 Å². The highest BCUT2D eigenvalue weighted by atomic mass is 35.5. The molecule has 0 aromatic heterocycles. The van der Waals surface area contributed by atoms with E-state index < -0.39 is 24.5 Å². The molecule has 0 aliphatic rings. The Bertz CT molecular complexity index is 618. The number of carbonyl (C=O) groups is 2. The number of ether oxygens (including phenoxy) is 2. The monoisotopic (exact) mass is 409 g/mol. The minimum absolute atomic E-state index is 0. The molecule has 1 rings (SSSR count). The fourth-order valence-electron chi connectivity index (χ4n) is 2.04. The SMILES string of the molecule is CCOc1cccc(CNC(=O)CNC(=O)[C@@H](N)C(C)C)c1OC(F)F.Cl. The van der Waals surface area contributed by atoms with Gasteiger partial charge in [-0.15, -0.1) is 12.4 Å². The molecule has 1 aromatic rings. The van der Waals surface area contributed by atoms with Gasteiger partial charge in [-0.05, 0) is 18.9 Å². The first-order valence-electron chi connectivity index (χ1n) is 8.25. The van der Waals surface area contributed by atoms with Crippen LogP contribution in [0.1, 0.15) is 26.3 Å². The molecule has 0 saturated heterocycles. The summed E-state index contributed by atoms with van der Waals surface area (Å²) in [5, 5.41) is 4.96. The van der Waals surface area contributed by atoms with Gasteiger partial charge in [0.25, 0.3) is 0 Å². The van der Waals surface area contributed by atoms with Crippen molar-refractivity contribution in [1.29, 1.82) is 0 Å². The van der Waals surface area contributed by atoms with Crippen LogP contribution in [0, 0.1) is 5.92 Å². The first-order valence-corrected chi connectivity index (χ1v) is 8.25. The van der Waals surface area contributed by atoms with E-state index in [0.29, 0.717) is 5.56 Å². The van der Waals surface area contributed by atoms with Crippen molar-refractivity contribution >= 4 is 24.2 Å². The van der Waals surface area contributed by atoms with Gasteiger partial charge in [-0.25, -0.2) is 0 Å². The molecule has 0 spiro atoms. The molecule has 0 aliphatic carbocycles. The summed E-state index contributed by atoms with van der Waals surface area (Å²) >= 11 is 0. The highest BCUT2D eigenvalue weighted by molar-refractivity contribution is 5.87. The van der Waals surface area contributed by atoms with Crippen LogP contribution in [0.4, 0.5) is 8.78 Å². The summed E-state index contributed by atoms with van der Waals surface area (Å²) in [6.45, 7) is 2.22. The van der Waals surface area contributed by atoms with Crippen LogP contribution < -0.4 is 25.8 Å². The van der Waals surface area contributed by atoms with E-state index in [4.69, 9.17) is 10.5 Å². The molecule has 0 bridgehead atoms. The Morgan fingerprint density at radius 3 is 2.44 bits per heavy atom. The molecule has 10 heteroatoms. The van der Waals surface area contributed by atoms with Crippen molar-refractivity contribution in [3.05, 3.63) is 23.8 Å². The highest BCUT2D eigenvalue weighted by Gasteiger charge is 2.19. The Labute approximate surface area is 163 Å². The van der Waals surface area contributed by atoms with Crippen molar-refractivity contribution in [3.63, 3.8) is 0 Å². The van der Waals surface area contributed by atoms with Crippen LogP contribution in [0.2, 0.25) is 0 Å². The Kier molecular flexibility index (Phi) is 11.3. The van der Waals surface area contributed by atoms with E-state index >= 15 is 0 Å². The van der Waals surface area contributed by atoms with Crippen molar-refractivity contribution < 1.29 is 27.8 Å². The number of amides is 2. The van der Waals surface area contributed by atoms with E-state index in [1.807, 2.05) is 0 Å². The third kappa shape index (κ3) is 8.40. The van der Waals surface area contributed by atoms with E-state index in [1.54, 1.807) is 26.8 Å². The van der Waals surface area contributed by atoms with Crippen LogP contribution in [-0.4, -0.2) is 37.6 Å². The third-order valence-corrected chi connectivity index (χ3v) is 3.49. The molecule has 4 N–H and O–H groups in total. The number of benzene rings is 1. The maximum Gasteiger partial charge on any atom is 0.387 e. The second-order valence-corrected chi connectivity index (χ2v) is 5.82. The van der Waals surface area contributed by atoms with Crippen LogP contribution in [0.15, 0.2) is 18.2 Å². The zero-order chi connectivity index (χ0) is 19.7. The molecule has 1 aromatic carbocycles. The second-order valence-electron chi connectivity index (χ2n) is 5.82. The van der Waals surface area contributed by atoms with Gasteiger partial charge in [-0.1, -0.05) is 26.0 Å². The van der Waals surface area contributed by atoms with Crippen LogP contribution in [-0.2, 0) is 16.1 Å². The summed E-state index contributed by atoms with van der Waals surface area (Å²) in [6, 6.07) is 3.93. The number of hydrogen-bond acceptors (Lipinski definition) is 5. The third-order valence-electron chi connectivity index (χ3n) is 3.49. The summed E-state index contributed by atoms with van der Waals surface area (Å²) in [5.74, 6) is -0.950. The Morgan fingerprint density at radius 1 is 1.22 bits per heavy atom. The maximum absolute atomic E-state index is 12.6. The van der Waals surface area contributed by atoms with Gasteiger partial charge in [0.05, 0.1) is 19.2 Å². The van der Waals surface area contributed by atoms with Gasteiger partial charge in [0.15, 0.2) is 11.5 Å². The molecule has 154 valence electrons. The molecule has 2 amide bonds. The van der Waals surface area contributed by atoms with E-state index in [-0.39, 0.29) is 49.5 Å². The zero-order valence-electron chi connectivity index (χ0n) is 15.5. The predicted octanol–water partition coefficient (Wildman–Crippen LogP) is 1.82. The minimum Gasteiger partial charge on any atom is -0.490 e. The number of rotatable bonds is 10. The molecule has 0 radical (unpaired) electrons. The van der Waals surface area contributed by atoms with Crippen molar-refractivity contribution in [2.45, 2.75) is 40.0 Å². The summed E-state index contributed by atoms with van der Waals surface area (Å²) in [6.07, 6.45) is 0. The van der Waals surface area contributed by atoms with Crippen LogP contribution >= 0.6 is 12.4 Å². The Balaban J connectivity index is 0.00000676. The molecule has 0 heterocycles. The fourth-order valence-corrected chi connectivity index (χ4v) is 2.04. The lowest BCUT2D eigenvalue weighted by Crippen LogP contribution is -2.47. The second kappa shape index (κ2) is 12.3. The molecule has 0 aliphatic heterocycles. The molecule has 7 nitrogen and oxygen atoms in total. The van der Waals surface area contributed by atoms with E-state index in [0.717, 1.165) is 0 Å². The predicted molar refractivity (Wildman–Crippen MR) is 99.2 cm³/mol. The topological polar surface area (TPSA) is 103 Å². The highest BCUT2D eigenvalue weighted by Crippen LogP contribution is 2.32. The van der Waals surface area contributed by atoms with Crippen LogP contribution in [0.5, 0.6) is 11.5 Å². The molecular weight excluding hydrogens is 384 g/mol. The summed E-state index contributed by atoms with van der Waals surface area (Å²) in [7, 11) is 0.